The van der Waals surface area contributed by atoms with E-state index in [1.807, 2.05) is 24.4 Å². The van der Waals surface area contributed by atoms with Gasteiger partial charge in [0.25, 0.3) is 0 Å². The summed E-state index contributed by atoms with van der Waals surface area (Å²) in [6.45, 7) is 0. The molecule has 16 heavy (non-hydrogen) atoms. The lowest BCUT2D eigenvalue weighted by Crippen LogP contribution is -1.84. The third-order valence-electron chi connectivity index (χ3n) is 2.55. The lowest BCUT2D eigenvalue weighted by molar-refractivity contribution is 1.09. The Hall–Kier alpha value is -1.94. The fourth-order valence-electron chi connectivity index (χ4n) is 1.73. The van der Waals surface area contributed by atoms with Crippen LogP contribution in [0.15, 0.2) is 30.6 Å². The first-order valence-corrected chi connectivity index (χ1v) is 5.19. The number of aromatic amines is 2. The number of rotatable bonds is 1. The summed E-state index contributed by atoms with van der Waals surface area (Å²) < 4.78 is 0. The molecule has 0 unspecified atom stereocenters. The predicted octanol–water partition coefficient (Wildman–Crippen LogP) is 2.79. The minimum absolute atomic E-state index is 0.563. The van der Waals surface area contributed by atoms with Gasteiger partial charge < -0.3 is 10.7 Å². The molecular weight excluding hydrogens is 224 g/mol. The standard InChI is InChI=1S/C11H9ClN4/c12-8-3-11-6(1-9(8)13)2-10(16-11)7-4-14-15-5-7/h1-5,16H,13H2,(H,14,15). The van der Waals surface area contributed by atoms with Crippen molar-refractivity contribution in [2.45, 2.75) is 0 Å². The minimum atomic E-state index is 0.563. The molecule has 3 aromatic rings. The number of hydrogen-bond donors (Lipinski definition) is 3. The third-order valence-corrected chi connectivity index (χ3v) is 2.87. The van der Waals surface area contributed by atoms with Crippen LogP contribution >= 0.6 is 11.6 Å². The van der Waals surface area contributed by atoms with Gasteiger partial charge in [0.2, 0.25) is 0 Å². The Bertz CT molecular complexity index is 600. The molecule has 0 saturated carbocycles. The Morgan fingerprint density at radius 3 is 2.88 bits per heavy atom. The predicted molar refractivity (Wildman–Crippen MR) is 65.3 cm³/mol. The Morgan fingerprint density at radius 2 is 2.12 bits per heavy atom. The van der Waals surface area contributed by atoms with Crippen LogP contribution in [0.2, 0.25) is 5.02 Å². The third kappa shape index (κ3) is 1.35. The number of hydrogen-bond acceptors (Lipinski definition) is 2. The highest BCUT2D eigenvalue weighted by Crippen LogP contribution is 2.29. The Labute approximate surface area is 96.4 Å². The van der Waals surface area contributed by atoms with Gasteiger partial charge in [-0.15, -0.1) is 0 Å². The van der Waals surface area contributed by atoms with Gasteiger partial charge in [0.05, 0.1) is 16.9 Å². The number of nitrogen functional groups attached to an aromatic ring is 1. The number of H-pyrrole nitrogens is 2. The first-order valence-electron chi connectivity index (χ1n) is 4.81. The lowest BCUT2D eigenvalue weighted by atomic mass is 10.2. The fraction of sp³-hybridized carbons (Fsp3) is 0. The van der Waals surface area contributed by atoms with Crippen molar-refractivity contribution in [1.82, 2.24) is 15.2 Å². The average Bonchev–Trinajstić information content (AvgIpc) is 2.86. The molecule has 2 aromatic heterocycles. The monoisotopic (exact) mass is 232 g/mol. The van der Waals surface area contributed by atoms with Crippen LogP contribution in [0, 0.1) is 0 Å². The maximum atomic E-state index is 5.96. The van der Waals surface area contributed by atoms with Crippen LogP contribution in [-0.2, 0) is 0 Å². The largest absolute Gasteiger partial charge is 0.398 e. The number of fused-ring (bicyclic) bond motifs is 1. The second kappa shape index (κ2) is 3.28. The van der Waals surface area contributed by atoms with Crippen molar-refractivity contribution in [1.29, 1.82) is 0 Å². The van der Waals surface area contributed by atoms with Crippen LogP contribution in [0.1, 0.15) is 0 Å². The number of nitrogens with two attached hydrogens (primary N) is 1. The molecule has 0 radical (unpaired) electrons. The quantitative estimate of drug-likeness (QED) is 0.565. The zero-order valence-electron chi connectivity index (χ0n) is 8.29. The molecule has 4 N–H and O–H groups in total. The zero-order chi connectivity index (χ0) is 11.1. The van der Waals surface area contributed by atoms with E-state index in [-0.39, 0.29) is 0 Å². The van der Waals surface area contributed by atoms with Crippen molar-refractivity contribution < 1.29 is 0 Å². The number of nitrogens with zero attached hydrogens (tertiary/aromatic N) is 1. The lowest BCUT2D eigenvalue weighted by Gasteiger charge is -1.96. The summed E-state index contributed by atoms with van der Waals surface area (Å²) in [4.78, 5) is 3.27. The van der Waals surface area contributed by atoms with Gasteiger partial charge in [-0.2, -0.15) is 5.10 Å². The van der Waals surface area contributed by atoms with Crippen LogP contribution < -0.4 is 5.73 Å². The molecule has 0 aliphatic heterocycles. The van der Waals surface area contributed by atoms with E-state index in [1.54, 1.807) is 6.20 Å². The first-order chi connectivity index (χ1) is 7.74. The Balaban J connectivity index is 2.23. The van der Waals surface area contributed by atoms with Crippen molar-refractivity contribution in [3.8, 4) is 11.3 Å². The van der Waals surface area contributed by atoms with E-state index in [0.717, 1.165) is 22.2 Å². The number of halogens is 1. The molecule has 4 nitrogen and oxygen atoms in total. The molecule has 0 fully saturated rings. The van der Waals surface area contributed by atoms with Gasteiger partial charge in [-0.1, -0.05) is 11.6 Å². The molecule has 0 aliphatic rings. The summed E-state index contributed by atoms with van der Waals surface area (Å²) in [5.74, 6) is 0. The maximum absolute atomic E-state index is 5.96. The van der Waals surface area contributed by atoms with Crippen LogP contribution in [0.3, 0.4) is 0 Å². The van der Waals surface area contributed by atoms with Gasteiger partial charge in [-0.25, -0.2) is 0 Å². The molecule has 0 aliphatic carbocycles. The molecule has 0 amide bonds. The smallest absolute Gasteiger partial charge is 0.0656 e. The fourth-order valence-corrected chi connectivity index (χ4v) is 1.89. The second-order valence-corrected chi connectivity index (χ2v) is 4.04. The highest BCUT2D eigenvalue weighted by atomic mass is 35.5. The van der Waals surface area contributed by atoms with Gasteiger partial charge in [-0.05, 0) is 18.2 Å². The molecule has 2 heterocycles. The highest BCUT2D eigenvalue weighted by molar-refractivity contribution is 6.33. The molecule has 0 spiro atoms. The second-order valence-electron chi connectivity index (χ2n) is 3.63. The normalized spacial score (nSPS) is 11.1. The van der Waals surface area contributed by atoms with Crippen molar-refractivity contribution >= 4 is 28.2 Å². The molecule has 0 saturated heterocycles. The van der Waals surface area contributed by atoms with Gasteiger partial charge >= 0.3 is 0 Å². The van der Waals surface area contributed by atoms with Crippen LogP contribution in [0.5, 0.6) is 0 Å². The summed E-state index contributed by atoms with van der Waals surface area (Å²) in [7, 11) is 0. The highest BCUT2D eigenvalue weighted by Gasteiger charge is 2.06. The zero-order valence-corrected chi connectivity index (χ0v) is 9.05. The van der Waals surface area contributed by atoms with E-state index in [9.17, 15) is 0 Å². The van der Waals surface area contributed by atoms with Crippen molar-refractivity contribution in [2.75, 3.05) is 5.73 Å². The van der Waals surface area contributed by atoms with E-state index in [1.165, 1.54) is 0 Å². The summed E-state index contributed by atoms with van der Waals surface area (Å²) in [5.41, 5.74) is 9.30. The van der Waals surface area contributed by atoms with E-state index in [4.69, 9.17) is 17.3 Å². The number of benzene rings is 1. The van der Waals surface area contributed by atoms with E-state index >= 15 is 0 Å². The van der Waals surface area contributed by atoms with Crippen LogP contribution in [-0.4, -0.2) is 15.2 Å². The summed E-state index contributed by atoms with van der Waals surface area (Å²) >= 11 is 5.96. The van der Waals surface area contributed by atoms with E-state index in [0.29, 0.717) is 10.7 Å². The van der Waals surface area contributed by atoms with Crippen LogP contribution in [0.4, 0.5) is 5.69 Å². The maximum Gasteiger partial charge on any atom is 0.0656 e. The minimum Gasteiger partial charge on any atom is -0.398 e. The van der Waals surface area contributed by atoms with Crippen LogP contribution in [0.25, 0.3) is 22.2 Å². The van der Waals surface area contributed by atoms with E-state index < -0.39 is 0 Å². The van der Waals surface area contributed by atoms with Gasteiger partial charge in [0.15, 0.2) is 0 Å². The summed E-state index contributed by atoms with van der Waals surface area (Å²) in [6, 6.07) is 5.71. The molecule has 3 rings (SSSR count). The van der Waals surface area contributed by atoms with Gasteiger partial charge in [0.1, 0.15) is 0 Å². The molecule has 80 valence electrons. The summed E-state index contributed by atoms with van der Waals surface area (Å²) in [6.07, 6.45) is 3.59. The van der Waals surface area contributed by atoms with Gasteiger partial charge in [-0.3, -0.25) is 5.10 Å². The molecular formula is C11H9ClN4. The molecule has 0 atom stereocenters. The summed E-state index contributed by atoms with van der Waals surface area (Å²) in [5, 5.41) is 8.29. The average molecular weight is 233 g/mol. The number of anilines is 1. The number of aromatic nitrogens is 3. The molecule has 0 bridgehead atoms. The van der Waals surface area contributed by atoms with E-state index in [2.05, 4.69) is 15.2 Å². The SMILES string of the molecule is Nc1cc2cc(-c3cn[nH]c3)[nH]c2cc1Cl. The molecule has 1 aromatic carbocycles. The van der Waals surface area contributed by atoms with Crippen molar-refractivity contribution in [3.63, 3.8) is 0 Å². The Morgan fingerprint density at radius 1 is 1.25 bits per heavy atom. The topological polar surface area (TPSA) is 70.5 Å². The van der Waals surface area contributed by atoms with Crippen molar-refractivity contribution in [2.24, 2.45) is 0 Å². The first kappa shape index (κ1) is 9.30. The van der Waals surface area contributed by atoms with Crippen molar-refractivity contribution in [3.05, 3.63) is 35.6 Å². The molecule has 5 heteroatoms. The Kier molecular flexibility index (Phi) is 1.91. The van der Waals surface area contributed by atoms with Gasteiger partial charge in [0, 0.05) is 28.4 Å². The number of nitrogens with one attached hydrogen (secondary N) is 2.